The average molecular weight is 455 g/mol. The molecule has 0 aromatic heterocycles. The van der Waals surface area contributed by atoms with E-state index in [1.807, 2.05) is 0 Å². The fourth-order valence-corrected chi connectivity index (χ4v) is 6.02. The Morgan fingerprint density at radius 2 is 0.528 bits per heavy atom. The predicted molar refractivity (Wildman–Crippen MR) is 157 cm³/mol. The van der Waals surface area contributed by atoms with Crippen molar-refractivity contribution in [3.8, 4) is 11.1 Å². The Kier molecular flexibility index (Phi) is 4.03. The monoisotopic (exact) mass is 454 g/mol. The molecule has 166 valence electrons. The van der Waals surface area contributed by atoms with Crippen molar-refractivity contribution in [1.82, 2.24) is 0 Å². The Hall–Kier alpha value is -4.68. The first kappa shape index (κ1) is 19.6. The van der Waals surface area contributed by atoms with E-state index in [2.05, 4.69) is 133 Å². The van der Waals surface area contributed by atoms with Crippen molar-refractivity contribution in [1.29, 1.82) is 0 Å². The maximum Gasteiger partial charge on any atom is -0.00923 e. The van der Waals surface area contributed by atoms with Crippen LogP contribution in [0.15, 0.2) is 133 Å². The zero-order chi connectivity index (χ0) is 23.6. The van der Waals surface area contributed by atoms with Crippen LogP contribution in [0.1, 0.15) is 0 Å². The van der Waals surface area contributed by atoms with Crippen LogP contribution in [0.3, 0.4) is 0 Å². The van der Waals surface area contributed by atoms with Gasteiger partial charge in [0, 0.05) is 0 Å². The normalized spacial score (nSPS) is 11.9. The van der Waals surface area contributed by atoms with E-state index in [9.17, 15) is 0 Å². The lowest BCUT2D eigenvalue weighted by Crippen LogP contribution is -1.89. The summed E-state index contributed by atoms with van der Waals surface area (Å²) in [6, 6.07) is 49.3. The van der Waals surface area contributed by atoms with E-state index in [1.165, 1.54) is 75.8 Å². The van der Waals surface area contributed by atoms with E-state index in [4.69, 9.17) is 0 Å². The topological polar surface area (TPSA) is 0 Å². The molecule has 8 aromatic rings. The van der Waals surface area contributed by atoms with Crippen LogP contribution in [0.25, 0.3) is 75.8 Å². The fourth-order valence-electron chi connectivity index (χ4n) is 6.02. The molecule has 8 rings (SSSR count). The first-order valence-corrected chi connectivity index (χ1v) is 12.5. The average Bonchev–Trinajstić information content (AvgIpc) is 2.94. The molecule has 0 N–H and O–H groups in total. The first-order valence-electron chi connectivity index (χ1n) is 12.5. The molecule has 36 heavy (non-hydrogen) atoms. The lowest BCUT2D eigenvalue weighted by molar-refractivity contribution is 1.73. The predicted octanol–water partition coefficient (Wildman–Crippen LogP) is 10.3. The quantitative estimate of drug-likeness (QED) is 0.171. The minimum absolute atomic E-state index is 1.28. The van der Waals surface area contributed by atoms with Crippen molar-refractivity contribution >= 4 is 64.6 Å². The molecule has 0 unspecified atom stereocenters. The molecule has 0 nitrogen and oxygen atoms in total. The molecule has 0 bridgehead atoms. The van der Waals surface area contributed by atoms with Crippen LogP contribution in [0.5, 0.6) is 0 Å². The van der Waals surface area contributed by atoms with Gasteiger partial charge in [-0.3, -0.25) is 0 Å². The third-order valence-electron chi connectivity index (χ3n) is 7.74. The molecule has 0 fully saturated rings. The van der Waals surface area contributed by atoms with Gasteiger partial charge in [0.05, 0.1) is 0 Å². The molecule has 0 radical (unpaired) electrons. The first-order chi connectivity index (χ1) is 17.8. The fraction of sp³-hybridized carbons (Fsp3) is 0. The van der Waals surface area contributed by atoms with Gasteiger partial charge >= 0.3 is 0 Å². The zero-order valence-corrected chi connectivity index (χ0v) is 19.7. The summed E-state index contributed by atoms with van der Waals surface area (Å²) in [5.41, 5.74) is 2.58. The van der Waals surface area contributed by atoms with Crippen LogP contribution < -0.4 is 0 Å². The highest BCUT2D eigenvalue weighted by molar-refractivity contribution is 6.23. The number of rotatable bonds is 1. The summed E-state index contributed by atoms with van der Waals surface area (Å²) in [7, 11) is 0. The Morgan fingerprint density at radius 1 is 0.222 bits per heavy atom. The number of benzene rings is 8. The second-order valence-electron chi connectivity index (χ2n) is 9.78. The summed E-state index contributed by atoms with van der Waals surface area (Å²) in [4.78, 5) is 0. The van der Waals surface area contributed by atoms with Gasteiger partial charge < -0.3 is 0 Å². The highest BCUT2D eigenvalue weighted by atomic mass is 14.2. The largest absolute Gasteiger partial charge is 0.0616 e. The zero-order valence-electron chi connectivity index (χ0n) is 19.7. The number of hydrogen-bond acceptors (Lipinski definition) is 0. The summed E-state index contributed by atoms with van der Waals surface area (Å²) in [6.07, 6.45) is 0. The Balaban J connectivity index is 1.61. The molecule has 0 spiro atoms. The van der Waals surface area contributed by atoms with Gasteiger partial charge in [0.1, 0.15) is 0 Å². The molecule has 8 aromatic carbocycles. The maximum absolute atomic E-state index is 2.39. The van der Waals surface area contributed by atoms with Crippen LogP contribution in [-0.4, -0.2) is 0 Å². The Morgan fingerprint density at radius 3 is 0.917 bits per heavy atom. The van der Waals surface area contributed by atoms with Crippen LogP contribution in [-0.2, 0) is 0 Å². The summed E-state index contributed by atoms with van der Waals surface area (Å²) in [5.74, 6) is 0. The molecule has 0 aliphatic carbocycles. The molecule has 0 aliphatic rings. The van der Waals surface area contributed by atoms with Crippen molar-refractivity contribution < 1.29 is 0 Å². The van der Waals surface area contributed by atoms with Gasteiger partial charge in [0.2, 0.25) is 0 Å². The second kappa shape index (κ2) is 7.41. The third-order valence-corrected chi connectivity index (χ3v) is 7.74. The van der Waals surface area contributed by atoms with E-state index in [1.54, 1.807) is 0 Å². The van der Waals surface area contributed by atoms with E-state index < -0.39 is 0 Å². The molecule has 0 aliphatic heterocycles. The summed E-state index contributed by atoms with van der Waals surface area (Å²) in [5, 5.41) is 15.5. The highest BCUT2D eigenvalue weighted by Crippen LogP contribution is 2.42. The third kappa shape index (κ3) is 2.82. The number of hydrogen-bond donors (Lipinski definition) is 0. The SMILES string of the molecule is c1ccc2cc3c(cc2c1)c(-c1cc2ccccc2c2cc4ccccc4cc12)cc1ccccc13. The lowest BCUT2D eigenvalue weighted by Gasteiger charge is -2.16. The second-order valence-corrected chi connectivity index (χ2v) is 9.78. The van der Waals surface area contributed by atoms with E-state index in [-0.39, 0.29) is 0 Å². The van der Waals surface area contributed by atoms with Crippen LogP contribution >= 0.6 is 0 Å². The minimum atomic E-state index is 1.28. The van der Waals surface area contributed by atoms with E-state index >= 15 is 0 Å². The van der Waals surface area contributed by atoms with Gasteiger partial charge in [-0.25, -0.2) is 0 Å². The molecular weight excluding hydrogens is 432 g/mol. The molecule has 0 atom stereocenters. The van der Waals surface area contributed by atoms with Gasteiger partial charge in [-0.15, -0.1) is 0 Å². The smallest absolute Gasteiger partial charge is 0.00923 e. The maximum atomic E-state index is 2.39. The van der Waals surface area contributed by atoms with Gasteiger partial charge in [0.15, 0.2) is 0 Å². The van der Waals surface area contributed by atoms with Gasteiger partial charge in [-0.05, 0) is 112 Å². The molecule has 0 heteroatoms. The standard InChI is InChI=1S/C36H22/c1-3-11-25-19-33-31(17-23(25)9-1)29-15-7-5-13-27(29)21-35(33)36-22-28-14-6-8-16-30(28)32-18-24-10-2-4-12-26(24)20-34(32)36/h1-22H. The van der Waals surface area contributed by atoms with Gasteiger partial charge in [-0.1, -0.05) is 97.1 Å². The van der Waals surface area contributed by atoms with Crippen molar-refractivity contribution in [3.63, 3.8) is 0 Å². The van der Waals surface area contributed by atoms with Gasteiger partial charge in [-0.2, -0.15) is 0 Å². The highest BCUT2D eigenvalue weighted by Gasteiger charge is 2.15. The minimum Gasteiger partial charge on any atom is -0.0616 e. The number of fused-ring (bicyclic) bond motifs is 8. The van der Waals surface area contributed by atoms with E-state index in [0.717, 1.165) is 0 Å². The molecule has 0 amide bonds. The molecule has 0 heterocycles. The van der Waals surface area contributed by atoms with Crippen LogP contribution in [0, 0.1) is 0 Å². The molecular formula is C36H22. The summed E-state index contributed by atoms with van der Waals surface area (Å²) >= 11 is 0. The van der Waals surface area contributed by atoms with Crippen molar-refractivity contribution in [2.24, 2.45) is 0 Å². The van der Waals surface area contributed by atoms with Crippen LogP contribution in [0.2, 0.25) is 0 Å². The summed E-state index contributed by atoms with van der Waals surface area (Å²) in [6.45, 7) is 0. The molecule has 0 saturated carbocycles. The Labute approximate surface area is 209 Å². The van der Waals surface area contributed by atoms with Crippen LogP contribution in [0.4, 0.5) is 0 Å². The van der Waals surface area contributed by atoms with Gasteiger partial charge in [0.25, 0.3) is 0 Å². The lowest BCUT2D eigenvalue weighted by atomic mass is 9.87. The van der Waals surface area contributed by atoms with Crippen molar-refractivity contribution in [3.05, 3.63) is 133 Å². The summed E-state index contributed by atoms with van der Waals surface area (Å²) < 4.78 is 0. The van der Waals surface area contributed by atoms with Crippen molar-refractivity contribution in [2.45, 2.75) is 0 Å². The molecule has 0 saturated heterocycles. The van der Waals surface area contributed by atoms with E-state index in [0.29, 0.717) is 0 Å². The van der Waals surface area contributed by atoms with Crippen molar-refractivity contribution in [2.75, 3.05) is 0 Å². The Bertz CT molecular complexity index is 1990.